The number of hydrogen-bond acceptors (Lipinski definition) is 2. The van der Waals surface area contributed by atoms with E-state index >= 15 is 0 Å². The second-order valence-electron chi connectivity index (χ2n) is 3.77. The van der Waals surface area contributed by atoms with Crippen LogP contribution in [0.25, 0.3) is 11.1 Å². The van der Waals surface area contributed by atoms with Crippen molar-refractivity contribution in [2.45, 2.75) is 13.5 Å². The van der Waals surface area contributed by atoms with Crippen LogP contribution < -0.4 is 0 Å². The third-order valence-corrected chi connectivity index (χ3v) is 2.62. The fourth-order valence-corrected chi connectivity index (χ4v) is 1.72. The molecule has 0 aliphatic carbocycles. The first-order valence-corrected chi connectivity index (χ1v) is 5.01. The number of aliphatic hydroxyl groups is 1. The van der Waals surface area contributed by atoms with Gasteiger partial charge in [-0.15, -0.1) is 0 Å². The van der Waals surface area contributed by atoms with E-state index in [1.54, 1.807) is 30.1 Å². The first-order chi connectivity index (χ1) is 7.63. The maximum atomic E-state index is 13.7. The maximum absolute atomic E-state index is 13.7. The van der Waals surface area contributed by atoms with Gasteiger partial charge >= 0.3 is 0 Å². The van der Waals surface area contributed by atoms with Crippen LogP contribution in [0.15, 0.2) is 24.4 Å². The van der Waals surface area contributed by atoms with Gasteiger partial charge in [0, 0.05) is 18.2 Å². The molecule has 4 heteroatoms. The van der Waals surface area contributed by atoms with Gasteiger partial charge in [-0.25, -0.2) is 4.39 Å². The van der Waals surface area contributed by atoms with Crippen LogP contribution >= 0.6 is 0 Å². The Balaban J connectivity index is 2.62. The predicted molar refractivity (Wildman–Crippen MR) is 59.3 cm³/mol. The molecule has 0 saturated carbocycles. The number of aryl methyl sites for hydroxylation is 2. The van der Waals surface area contributed by atoms with E-state index in [1.165, 1.54) is 6.07 Å². The number of nitrogens with zero attached hydrogens (tertiary/aromatic N) is 2. The van der Waals surface area contributed by atoms with Crippen LogP contribution in [0.1, 0.15) is 11.3 Å². The molecule has 1 aromatic heterocycles. The zero-order valence-electron chi connectivity index (χ0n) is 9.24. The third-order valence-electron chi connectivity index (χ3n) is 2.62. The smallest absolute Gasteiger partial charge is 0.131 e. The Hall–Kier alpha value is -1.68. The number of benzene rings is 1. The molecule has 1 heterocycles. The SMILES string of the molecule is Cc1ccc(F)c(-c2cnn(C)c2CO)c1. The highest BCUT2D eigenvalue weighted by Crippen LogP contribution is 2.26. The molecule has 1 N–H and O–H groups in total. The summed E-state index contributed by atoms with van der Waals surface area (Å²) in [5, 5.41) is 13.3. The normalized spacial score (nSPS) is 10.8. The first-order valence-electron chi connectivity index (χ1n) is 5.01. The zero-order valence-corrected chi connectivity index (χ0v) is 9.24. The largest absolute Gasteiger partial charge is 0.390 e. The number of halogens is 1. The van der Waals surface area contributed by atoms with E-state index in [2.05, 4.69) is 5.10 Å². The van der Waals surface area contributed by atoms with Crippen molar-refractivity contribution in [2.24, 2.45) is 7.05 Å². The van der Waals surface area contributed by atoms with Crippen LogP contribution in [0, 0.1) is 12.7 Å². The third kappa shape index (κ3) is 1.72. The summed E-state index contributed by atoms with van der Waals surface area (Å²) in [6, 6.07) is 4.90. The molecule has 0 bridgehead atoms. The minimum Gasteiger partial charge on any atom is -0.390 e. The van der Waals surface area contributed by atoms with Crippen molar-refractivity contribution in [3.05, 3.63) is 41.5 Å². The molecule has 0 saturated heterocycles. The van der Waals surface area contributed by atoms with Crippen LogP contribution in [-0.2, 0) is 13.7 Å². The maximum Gasteiger partial charge on any atom is 0.131 e. The molecule has 0 radical (unpaired) electrons. The molecule has 0 aliphatic heterocycles. The summed E-state index contributed by atoms with van der Waals surface area (Å²) in [4.78, 5) is 0. The van der Waals surface area contributed by atoms with Gasteiger partial charge in [0.25, 0.3) is 0 Å². The molecule has 0 aliphatic rings. The fourth-order valence-electron chi connectivity index (χ4n) is 1.72. The van der Waals surface area contributed by atoms with Gasteiger partial charge in [-0.05, 0) is 19.1 Å². The summed E-state index contributed by atoms with van der Waals surface area (Å²) in [6.07, 6.45) is 1.57. The van der Waals surface area contributed by atoms with Gasteiger partial charge in [-0.1, -0.05) is 11.6 Å². The number of aromatic nitrogens is 2. The highest BCUT2D eigenvalue weighted by Gasteiger charge is 2.13. The highest BCUT2D eigenvalue weighted by molar-refractivity contribution is 5.66. The molecular weight excluding hydrogens is 207 g/mol. The standard InChI is InChI=1S/C12H13FN2O/c1-8-3-4-11(13)9(5-8)10-6-14-15(2)12(10)7-16/h3-6,16H,7H2,1-2H3. The average molecular weight is 220 g/mol. The quantitative estimate of drug-likeness (QED) is 0.840. The van der Waals surface area contributed by atoms with Crippen molar-refractivity contribution in [1.29, 1.82) is 0 Å². The van der Waals surface area contributed by atoms with E-state index in [4.69, 9.17) is 0 Å². The molecular formula is C12H13FN2O. The van der Waals surface area contributed by atoms with Gasteiger partial charge in [0.1, 0.15) is 5.82 Å². The lowest BCUT2D eigenvalue weighted by Crippen LogP contribution is -1.99. The van der Waals surface area contributed by atoms with Gasteiger partial charge in [0.2, 0.25) is 0 Å². The molecule has 0 spiro atoms. The van der Waals surface area contributed by atoms with Crippen LogP contribution in [-0.4, -0.2) is 14.9 Å². The molecule has 2 rings (SSSR count). The van der Waals surface area contributed by atoms with Crippen molar-refractivity contribution in [3.8, 4) is 11.1 Å². The van der Waals surface area contributed by atoms with Gasteiger partial charge in [-0.2, -0.15) is 5.10 Å². The number of hydrogen-bond donors (Lipinski definition) is 1. The van der Waals surface area contributed by atoms with Crippen molar-refractivity contribution >= 4 is 0 Å². The Morgan fingerprint density at radius 3 is 2.81 bits per heavy atom. The molecule has 2 aromatic rings. The Morgan fingerprint density at radius 1 is 1.38 bits per heavy atom. The molecule has 0 unspecified atom stereocenters. The topological polar surface area (TPSA) is 38.0 Å². The van der Waals surface area contributed by atoms with Crippen molar-refractivity contribution in [3.63, 3.8) is 0 Å². The molecule has 84 valence electrons. The lowest BCUT2D eigenvalue weighted by Gasteiger charge is -2.05. The fraction of sp³-hybridized carbons (Fsp3) is 0.250. The average Bonchev–Trinajstić information content (AvgIpc) is 2.63. The van der Waals surface area contributed by atoms with Gasteiger partial charge in [0.15, 0.2) is 0 Å². The second kappa shape index (κ2) is 4.06. The van der Waals surface area contributed by atoms with Crippen LogP contribution in [0.4, 0.5) is 4.39 Å². The highest BCUT2D eigenvalue weighted by atomic mass is 19.1. The second-order valence-corrected chi connectivity index (χ2v) is 3.77. The Bertz CT molecular complexity index is 520. The van der Waals surface area contributed by atoms with E-state index in [-0.39, 0.29) is 12.4 Å². The monoisotopic (exact) mass is 220 g/mol. The van der Waals surface area contributed by atoms with Gasteiger partial charge in [-0.3, -0.25) is 4.68 Å². The summed E-state index contributed by atoms with van der Waals surface area (Å²) in [7, 11) is 1.72. The summed E-state index contributed by atoms with van der Waals surface area (Å²) < 4.78 is 15.2. The van der Waals surface area contributed by atoms with E-state index in [9.17, 15) is 9.50 Å². The van der Waals surface area contributed by atoms with Crippen molar-refractivity contribution in [2.75, 3.05) is 0 Å². The zero-order chi connectivity index (χ0) is 11.7. The molecule has 16 heavy (non-hydrogen) atoms. The van der Waals surface area contributed by atoms with Gasteiger partial charge in [0.05, 0.1) is 18.5 Å². The summed E-state index contributed by atoms with van der Waals surface area (Å²) in [5.41, 5.74) is 2.72. The summed E-state index contributed by atoms with van der Waals surface area (Å²) in [5.74, 6) is -0.298. The molecule has 3 nitrogen and oxygen atoms in total. The van der Waals surface area contributed by atoms with Crippen LogP contribution in [0.5, 0.6) is 0 Å². The van der Waals surface area contributed by atoms with Crippen LogP contribution in [0.2, 0.25) is 0 Å². The van der Waals surface area contributed by atoms with E-state index in [0.29, 0.717) is 16.8 Å². The van der Waals surface area contributed by atoms with Gasteiger partial charge < -0.3 is 5.11 Å². The van der Waals surface area contributed by atoms with Crippen LogP contribution in [0.3, 0.4) is 0 Å². The van der Waals surface area contributed by atoms with E-state index < -0.39 is 0 Å². The minimum absolute atomic E-state index is 0.154. The Morgan fingerprint density at radius 2 is 2.12 bits per heavy atom. The minimum atomic E-state index is -0.298. The molecule has 0 fully saturated rings. The predicted octanol–water partition coefficient (Wildman–Crippen LogP) is 2.03. The molecule has 0 amide bonds. The molecule has 0 atom stereocenters. The summed E-state index contributed by atoms with van der Waals surface area (Å²) >= 11 is 0. The van der Waals surface area contributed by atoms with Crippen molar-refractivity contribution < 1.29 is 9.50 Å². The Labute approximate surface area is 93.2 Å². The van der Waals surface area contributed by atoms with Crippen molar-refractivity contribution in [1.82, 2.24) is 9.78 Å². The number of rotatable bonds is 2. The lowest BCUT2D eigenvalue weighted by molar-refractivity contribution is 0.271. The first kappa shape index (κ1) is 10.8. The van der Waals surface area contributed by atoms with E-state index in [1.807, 2.05) is 6.92 Å². The van der Waals surface area contributed by atoms with E-state index in [0.717, 1.165) is 5.56 Å². The lowest BCUT2D eigenvalue weighted by atomic mass is 10.0. The number of aliphatic hydroxyl groups excluding tert-OH is 1. The summed E-state index contributed by atoms with van der Waals surface area (Å²) in [6.45, 7) is 1.75. The molecule has 1 aromatic carbocycles. The Kier molecular flexibility index (Phi) is 2.75.